The Kier molecular flexibility index (Phi) is 6.59. The molecule has 0 saturated carbocycles. The van der Waals surface area contributed by atoms with Gasteiger partial charge in [0.15, 0.2) is 0 Å². The summed E-state index contributed by atoms with van der Waals surface area (Å²) in [5.74, 6) is 0.00606. The zero-order valence-corrected chi connectivity index (χ0v) is 12.3. The van der Waals surface area contributed by atoms with Gasteiger partial charge < -0.3 is 19.9 Å². The van der Waals surface area contributed by atoms with E-state index in [4.69, 9.17) is 4.74 Å². The highest BCUT2D eigenvalue weighted by Crippen LogP contribution is 2.02. The first-order chi connectivity index (χ1) is 9.02. The van der Waals surface area contributed by atoms with Gasteiger partial charge in [-0.05, 0) is 19.1 Å². The highest BCUT2D eigenvalue weighted by Gasteiger charge is 2.09. The lowest BCUT2D eigenvalue weighted by Crippen LogP contribution is -2.38. The van der Waals surface area contributed by atoms with Crippen LogP contribution in [0.3, 0.4) is 0 Å². The van der Waals surface area contributed by atoms with E-state index in [0.717, 1.165) is 12.2 Å². The Morgan fingerprint density at radius 2 is 2.16 bits per heavy atom. The quantitative estimate of drug-likeness (QED) is 0.742. The molecule has 0 aliphatic rings. The molecular formula is C14H25N3O2. The van der Waals surface area contributed by atoms with E-state index in [2.05, 4.69) is 24.5 Å². The van der Waals surface area contributed by atoms with E-state index in [1.807, 2.05) is 29.8 Å². The molecule has 1 aromatic heterocycles. The predicted molar refractivity (Wildman–Crippen MR) is 75.9 cm³/mol. The zero-order chi connectivity index (χ0) is 14.3. The number of carbonyl (C=O) groups is 1. The summed E-state index contributed by atoms with van der Waals surface area (Å²) < 4.78 is 6.96. The standard InChI is InChI=1S/C14H25N3O2/c1-11(2)15-8-13-6-5-7-17(13)9-14(18)16-12(3)10-19-4/h5-7,11-12,15H,8-10H2,1-4H3,(H,16,18). The van der Waals surface area contributed by atoms with E-state index in [0.29, 0.717) is 19.2 Å². The largest absolute Gasteiger partial charge is 0.383 e. The van der Waals surface area contributed by atoms with Crippen LogP contribution in [0.5, 0.6) is 0 Å². The van der Waals surface area contributed by atoms with Crippen molar-refractivity contribution in [1.29, 1.82) is 0 Å². The molecule has 1 atom stereocenters. The van der Waals surface area contributed by atoms with Crippen LogP contribution in [-0.2, 0) is 22.6 Å². The van der Waals surface area contributed by atoms with Crippen LogP contribution in [0.2, 0.25) is 0 Å². The van der Waals surface area contributed by atoms with Gasteiger partial charge >= 0.3 is 0 Å². The molecule has 108 valence electrons. The molecule has 0 bridgehead atoms. The number of nitrogens with zero attached hydrogens (tertiary/aromatic N) is 1. The Morgan fingerprint density at radius 1 is 1.42 bits per heavy atom. The van der Waals surface area contributed by atoms with E-state index < -0.39 is 0 Å². The molecule has 1 aromatic rings. The Bertz CT molecular complexity index is 388. The second-order valence-corrected chi connectivity index (χ2v) is 5.09. The van der Waals surface area contributed by atoms with E-state index in [9.17, 15) is 4.79 Å². The van der Waals surface area contributed by atoms with Crippen LogP contribution in [-0.4, -0.2) is 36.3 Å². The van der Waals surface area contributed by atoms with Crippen LogP contribution in [0.25, 0.3) is 0 Å². The monoisotopic (exact) mass is 267 g/mol. The number of aromatic nitrogens is 1. The van der Waals surface area contributed by atoms with E-state index in [1.165, 1.54) is 0 Å². The van der Waals surface area contributed by atoms with Crippen molar-refractivity contribution in [1.82, 2.24) is 15.2 Å². The average Bonchev–Trinajstić information content (AvgIpc) is 2.73. The first kappa shape index (κ1) is 15.7. The third-order valence-corrected chi connectivity index (χ3v) is 2.75. The zero-order valence-electron chi connectivity index (χ0n) is 12.3. The number of amides is 1. The number of nitrogens with one attached hydrogen (secondary N) is 2. The number of hydrogen-bond donors (Lipinski definition) is 2. The van der Waals surface area contributed by atoms with Crippen molar-refractivity contribution in [3.63, 3.8) is 0 Å². The fraction of sp³-hybridized carbons (Fsp3) is 0.643. The topological polar surface area (TPSA) is 55.3 Å². The van der Waals surface area contributed by atoms with Gasteiger partial charge in [0, 0.05) is 37.6 Å². The molecule has 0 aromatic carbocycles. The molecule has 5 nitrogen and oxygen atoms in total. The number of carbonyl (C=O) groups excluding carboxylic acids is 1. The van der Waals surface area contributed by atoms with Gasteiger partial charge in [-0.15, -0.1) is 0 Å². The molecule has 1 amide bonds. The third kappa shape index (κ3) is 5.89. The molecule has 0 fully saturated rings. The molecule has 1 rings (SSSR count). The number of rotatable bonds is 8. The number of ether oxygens (including phenoxy) is 1. The molecule has 0 aliphatic carbocycles. The Balaban J connectivity index is 2.48. The van der Waals surface area contributed by atoms with Gasteiger partial charge in [0.2, 0.25) is 5.91 Å². The van der Waals surface area contributed by atoms with Gasteiger partial charge in [-0.1, -0.05) is 13.8 Å². The van der Waals surface area contributed by atoms with Crippen LogP contribution in [0.15, 0.2) is 18.3 Å². The van der Waals surface area contributed by atoms with Gasteiger partial charge in [-0.2, -0.15) is 0 Å². The molecule has 0 aliphatic heterocycles. The molecule has 1 heterocycles. The summed E-state index contributed by atoms with van der Waals surface area (Å²) in [4.78, 5) is 11.9. The fourth-order valence-corrected chi connectivity index (χ4v) is 1.84. The minimum absolute atomic E-state index is 0.00606. The number of methoxy groups -OCH3 is 1. The van der Waals surface area contributed by atoms with Gasteiger partial charge in [0.05, 0.1) is 6.61 Å². The molecule has 0 saturated heterocycles. The van der Waals surface area contributed by atoms with Crippen molar-refractivity contribution in [3.8, 4) is 0 Å². The third-order valence-electron chi connectivity index (χ3n) is 2.75. The van der Waals surface area contributed by atoms with Crippen LogP contribution in [0.4, 0.5) is 0 Å². The maximum atomic E-state index is 11.9. The lowest BCUT2D eigenvalue weighted by molar-refractivity contribution is -0.122. The van der Waals surface area contributed by atoms with Gasteiger partial charge in [-0.3, -0.25) is 4.79 Å². The van der Waals surface area contributed by atoms with Crippen LogP contribution in [0.1, 0.15) is 26.5 Å². The van der Waals surface area contributed by atoms with Crippen LogP contribution < -0.4 is 10.6 Å². The SMILES string of the molecule is COCC(C)NC(=O)Cn1cccc1CNC(C)C. The maximum absolute atomic E-state index is 11.9. The lowest BCUT2D eigenvalue weighted by Gasteiger charge is -2.15. The van der Waals surface area contributed by atoms with Gasteiger partial charge in [-0.25, -0.2) is 0 Å². The van der Waals surface area contributed by atoms with E-state index in [1.54, 1.807) is 7.11 Å². The molecule has 0 radical (unpaired) electrons. The molecule has 1 unspecified atom stereocenters. The fourth-order valence-electron chi connectivity index (χ4n) is 1.84. The predicted octanol–water partition coefficient (Wildman–Crippen LogP) is 1.14. The molecule has 0 spiro atoms. The summed E-state index contributed by atoms with van der Waals surface area (Å²) >= 11 is 0. The second-order valence-electron chi connectivity index (χ2n) is 5.09. The molecule has 2 N–H and O–H groups in total. The first-order valence-electron chi connectivity index (χ1n) is 6.68. The summed E-state index contributed by atoms with van der Waals surface area (Å²) in [5, 5.41) is 6.26. The van der Waals surface area contributed by atoms with E-state index >= 15 is 0 Å². The Labute approximate surface area is 115 Å². The normalized spacial score (nSPS) is 12.7. The van der Waals surface area contributed by atoms with Gasteiger partial charge in [0.25, 0.3) is 0 Å². The highest BCUT2D eigenvalue weighted by molar-refractivity contribution is 5.76. The molecule has 5 heteroatoms. The summed E-state index contributed by atoms with van der Waals surface area (Å²) in [6.45, 7) is 7.78. The van der Waals surface area contributed by atoms with Crippen molar-refractivity contribution in [2.45, 2.75) is 45.9 Å². The van der Waals surface area contributed by atoms with Crippen LogP contribution >= 0.6 is 0 Å². The van der Waals surface area contributed by atoms with Crippen LogP contribution in [0, 0.1) is 0 Å². The minimum Gasteiger partial charge on any atom is -0.383 e. The summed E-state index contributed by atoms with van der Waals surface area (Å²) in [6.07, 6.45) is 1.93. The van der Waals surface area contributed by atoms with Crippen molar-refractivity contribution in [2.75, 3.05) is 13.7 Å². The Hall–Kier alpha value is -1.33. The number of hydrogen-bond acceptors (Lipinski definition) is 3. The summed E-state index contributed by atoms with van der Waals surface area (Å²) in [6, 6.07) is 4.45. The smallest absolute Gasteiger partial charge is 0.240 e. The first-order valence-corrected chi connectivity index (χ1v) is 6.68. The van der Waals surface area contributed by atoms with Crippen molar-refractivity contribution in [3.05, 3.63) is 24.0 Å². The summed E-state index contributed by atoms with van der Waals surface area (Å²) in [7, 11) is 1.63. The van der Waals surface area contributed by atoms with Gasteiger partial charge in [0.1, 0.15) is 6.54 Å². The maximum Gasteiger partial charge on any atom is 0.240 e. The molecular weight excluding hydrogens is 242 g/mol. The summed E-state index contributed by atoms with van der Waals surface area (Å²) in [5.41, 5.74) is 1.11. The molecule has 19 heavy (non-hydrogen) atoms. The second kappa shape index (κ2) is 7.96. The minimum atomic E-state index is 0.00606. The van der Waals surface area contributed by atoms with Crippen molar-refractivity contribution in [2.24, 2.45) is 0 Å². The Morgan fingerprint density at radius 3 is 2.79 bits per heavy atom. The highest BCUT2D eigenvalue weighted by atomic mass is 16.5. The average molecular weight is 267 g/mol. The lowest BCUT2D eigenvalue weighted by atomic mass is 10.3. The van der Waals surface area contributed by atoms with Crippen molar-refractivity contribution >= 4 is 5.91 Å². The van der Waals surface area contributed by atoms with E-state index in [-0.39, 0.29) is 11.9 Å². The van der Waals surface area contributed by atoms with Crippen molar-refractivity contribution < 1.29 is 9.53 Å².